The van der Waals surface area contributed by atoms with Crippen molar-refractivity contribution in [2.75, 3.05) is 33.8 Å². The van der Waals surface area contributed by atoms with Crippen molar-refractivity contribution < 1.29 is 29.3 Å². The van der Waals surface area contributed by atoms with Gasteiger partial charge >= 0.3 is 12.1 Å². The number of aliphatic carboxylic acids is 1. The van der Waals surface area contributed by atoms with Gasteiger partial charge in [-0.2, -0.15) is 0 Å². The predicted molar refractivity (Wildman–Crippen MR) is 117 cm³/mol. The molecule has 32 heavy (non-hydrogen) atoms. The summed E-state index contributed by atoms with van der Waals surface area (Å²) in [5, 5.41) is 22.9. The highest BCUT2D eigenvalue weighted by Gasteiger charge is 2.30. The largest absolute Gasteiger partial charge is 0.479 e. The second-order valence-corrected chi connectivity index (χ2v) is 7.88. The van der Waals surface area contributed by atoms with E-state index in [1.54, 1.807) is 19.0 Å². The minimum absolute atomic E-state index is 0.105. The normalized spacial score (nSPS) is 14.2. The zero-order chi connectivity index (χ0) is 23.3. The number of carboxylic acids is 1. The van der Waals surface area contributed by atoms with Crippen molar-refractivity contribution in [3.8, 4) is 11.1 Å². The Morgan fingerprint density at radius 3 is 2.12 bits per heavy atom. The average Bonchev–Trinajstić information content (AvgIpc) is 3.08. The Kier molecular flexibility index (Phi) is 7.45. The third-order valence-electron chi connectivity index (χ3n) is 5.25. The van der Waals surface area contributed by atoms with Crippen molar-refractivity contribution in [2.24, 2.45) is 0 Å². The van der Waals surface area contributed by atoms with Crippen molar-refractivity contribution in [3.63, 3.8) is 0 Å². The van der Waals surface area contributed by atoms with Crippen molar-refractivity contribution in [1.29, 1.82) is 0 Å². The molecule has 2 aromatic rings. The fourth-order valence-electron chi connectivity index (χ4n) is 3.75. The fourth-order valence-corrected chi connectivity index (χ4v) is 3.75. The van der Waals surface area contributed by atoms with Gasteiger partial charge in [0.1, 0.15) is 12.6 Å². The lowest BCUT2D eigenvalue weighted by Gasteiger charge is -2.22. The molecule has 0 aromatic heterocycles. The van der Waals surface area contributed by atoms with Gasteiger partial charge in [0.25, 0.3) is 0 Å². The van der Waals surface area contributed by atoms with Gasteiger partial charge in [0, 0.05) is 12.5 Å². The van der Waals surface area contributed by atoms with Crippen LogP contribution in [0.3, 0.4) is 0 Å². The molecular formula is C23H27N3O6. The van der Waals surface area contributed by atoms with Crippen molar-refractivity contribution in [2.45, 2.75) is 18.1 Å². The summed E-state index contributed by atoms with van der Waals surface area (Å²) in [6, 6.07) is 14.9. The second-order valence-electron chi connectivity index (χ2n) is 7.88. The highest BCUT2D eigenvalue weighted by molar-refractivity contribution is 5.86. The summed E-state index contributed by atoms with van der Waals surface area (Å²) >= 11 is 0. The lowest BCUT2D eigenvalue weighted by molar-refractivity contribution is -0.146. The van der Waals surface area contributed by atoms with E-state index in [0.29, 0.717) is 0 Å². The van der Waals surface area contributed by atoms with Crippen molar-refractivity contribution >= 4 is 18.0 Å². The summed E-state index contributed by atoms with van der Waals surface area (Å²) in [5.41, 5.74) is 4.37. The van der Waals surface area contributed by atoms with Crippen LogP contribution in [0.25, 0.3) is 11.1 Å². The molecule has 9 nitrogen and oxygen atoms in total. The number of carbonyl (C=O) groups excluding carboxylic acids is 2. The van der Waals surface area contributed by atoms with Gasteiger partial charge in [-0.05, 0) is 36.3 Å². The van der Waals surface area contributed by atoms with E-state index in [4.69, 9.17) is 9.84 Å². The summed E-state index contributed by atoms with van der Waals surface area (Å²) in [7, 11) is 3.46. The second kappa shape index (κ2) is 10.3. The fraction of sp³-hybridized carbons (Fsp3) is 0.348. The molecule has 0 heterocycles. The Balaban J connectivity index is 1.63. The van der Waals surface area contributed by atoms with Crippen LogP contribution in [0.5, 0.6) is 0 Å². The first-order valence-electron chi connectivity index (χ1n) is 10.2. The van der Waals surface area contributed by atoms with Gasteiger partial charge in [-0.3, -0.25) is 4.79 Å². The number of hydrogen-bond donors (Lipinski definition) is 4. The number of hydrogen-bond acceptors (Lipinski definition) is 6. The number of ether oxygens (including phenoxy) is 1. The minimum Gasteiger partial charge on any atom is -0.479 e. The molecular weight excluding hydrogens is 414 g/mol. The number of nitrogens with zero attached hydrogens (tertiary/aromatic N) is 1. The SMILES string of the molecule is CN(C)CC(NC(=O)OCC1c2ccccc2-c2ccccc21)C(=O)NC[C@H](O)C(=O)O. The third-order valence-corrected chi connectivity index (χ3v) is 5.25. The zero-order valence-electron chi connectivity index (χ0n) is 17.9. The molecule has 2 amide bonds. The molecule has 3 rings (SSSR count). The maximum Gasteiger partial charge on any atom is 0.407 e. The van der Waals surface area contributed by atoms with Gasteiger partial charge in [-0.25, -0.2) is 9.59 Å². The van der Waals surface area contributed by atoms with E-state index >= 15 is 0 Å². The molecule has 0 radical (unpaired) electrons. The first-order valence-corrected chi connectivity index (χ1v) is 10.2. The molecule has 0 saturated carbocycles. The maximum absolute atomic E-state index is 12.5. The average molecular weight is 441 g/mol. The molecule has 1 unspecified atom stereocenters. The Morgan fingerprint density at radius 1 is 1.03 bits per heavy atom. The van der Waals surface area contributed by atoms with Crippen LogP contribution in [-0.4, -0.2) is 79.0 Å². The van der Waals surface area contributed by atoms with Gasteiger partial charge in [0.2, 0.25) is 5.91 Å². The predicted octanol–water partition coefficient (Wildman–Crippen LogP) is 1.02. The molecule has 0 aliphatic heterocycles. The Bertz CT molecular complexity index is 948. The number of carboxylic acid groups (broad SMARTS) is 1. The molecule has 1 aliphatic rings. The van der Waals surface area contributed by atoms with Crippen LogP contribution >= 0.6 is 0 Å². The molecule has 1 aliphatic carbocycles. The molecule has 0 bridgehead atoms. The number of rotatable bonds is 9. The molecule has 9 heteroatoms. The van der Waals surface area contributed by atoms with Gasteiger partial charge < -0.3 is 30.5 Å². The number of fused-ring (bicyclic) bond motifs is 3. The first kappa shape index (κ1) is 23.2. The summed E-state index contributed by atoms with van der Waals surface area (Å²) in [6.45, 7) is -0.197. The van der Waals surface area contributed by atoms with E-state index in [1.165, 1.54) is 0 Å². The topological polar surface area (TPSA) is 128 Å². The zero-order valence-corrected chi connectivity index (χ0v) is 17.9. The molecule has 0 fully saturated rings. The van der Waals surface area contributed by atoms with E-state index in [1.807, 2.05) is 48.5 Å². The van der Waals surface area contributed by atoms with E-state index < -0.39 is 36.7 Å². The number of likely N-dealkylation sites (N-methyl/N-ethyl adjacent to an activating group) is 1. The standard InChI is InChI=1S/C23H27N3O6/c1-26(2)12-19(21(28)24-11-20(27)22(29)30)25-23(31)32-13-18-16-9-5-3-7-14(16)15-8-4-6-10-17(15)18/h3-10,18-20,27H,11-13H2,1-2H3,(H,24,28)(H,25,31)(H,29,30)/t19?,20-/m0/s1. The van der Waals surface area contributed by atoms with Crippen LogP contribution in [0.2, 0.25) is 0 Å². The van der Waals surface area contributed by atoms with Crippen molar-refractivity contribution in [1.82, 2.24) is 15.5 Å². The third kappa shape index (κ3) is 5.43. The number of amides is 2. The lowest BCUT2D eigenvalue weighted by Crippen LogP contribution is -2.53. The highest BCUT2D eigenvalue weighted by atomic mass is 16.5. The molecule has 2 aromatic carbocycles. The number of alkyl carbamates (subject to hydrolysis) is 1. The van der Waals surface area contributed by atoms with Crippen molar-refractivity contribution in [3.05, 3.63) is 59.7 Å². The Morgan fingerprint density at radius 2 is 1.59 bits per heavy atom. The Hall–Kier alpha value is -3.43. The molecule has 4 N–H and O–H groups in total. The molecule has 170 valence electrons. The summed E-state index contributed by atoms with van der Waals surface area (Å²) in [6.07, 6.45) is -2.49. The van der Waals surface area contributed by atoms with Crippen LogP contribution in [-0.2, 0) is 14.3 Å². The first-order chi connectivity index (χ1) is 15.3. The molecule has 0 spiro atoms. The number of aliphatic hydroxyl groups excluding tert-OH is 1. The Labute approximate surface area is 186 Å². The molecule has 2 atom stereocenters. The number of aliphatic hydroxyl groups is 1. The van der Waals surface area contributed by atoms with E-state index in [-0.39, 0.29) is 19.1 Å². The molecule has 0 saturated heterocycles. The van der Waals surface area contributed by atoms with E-state index in [2.05, 4.69) is 10.6 Å². The quantitative estimate of drug-likeness (QED) is 0.457. The van der Waals surface area contributed by atoms with Crippen LogP contribution in [0.4, 0.5) is 4.79 Å². The van der Waals surface area contributed by atoms with Gasteiger partial charge in [0.15, 0.2) is 6.10 Å². The number of nitrogens with one attached hydrogen (secondary N) is 2. The van der Waals surface area contributed by atoms with Crippen LogP contribution in [0.1, 0.15) is 17.0 Å². The van der Waals surface area contributed by atoms with Crippen LogP contribution in [0, 0.1) is 0 Å². The number of carbonyl (C=O) groups is 3. The lowest BCUT2D eigenvalue weighted by atomic mass is 9.98. The monoisotopic (exact) mass is 441 g/mol. The van der Waals surface area contributed by atoms with E-state index in [0.717, 1.165) is 22.3 Å². The summed E-state index contributed by atoms with van der Waals surface area (Å²) in [5.74, 6) is -2.17. The van der Waals surface area contributed by atoms with Gasteiger partial charge in [-0.15, -0.1) is 0 Å². The minimum atomic E-state index is -1.73. The summed E-state index contributed by atoms with van der Waals surface area (Å²) in [4.78, 5) is 37.3. The van der Waals surface area contributed by atoms with Gasteiger partial charge in [0.05, 0.1) is 6.54 Å². The highest BCUT2D eigenvalue weighted by Crippen LogP contribution is 2.44. The maximum atomic E-state index is 12.5. The van der Waals surface area contributed by atoms with E-state index in [9.17, 15) is 19.5 Å². The smallest absolute Gasteiger partial charge is 0.407 e. The number of benzene rings is 2. The van der Waals surface area contributed by atoms with Crippen LogP contribution in [0.15, 0.2) is 48.5 Å². The van der Waals surface area contributed by atoms with Crippen LogP contribution < -0.4 is 10.6 Å². The summed E-state index contributed by atoms with van der Waals surface area (Å²) < 4.78 is 5.47. The van der Waals surface area contributed by atoms with Gasteiger partial charge in [-0.1, -0.05) is 48.5 Å².